The van der Waals surface area contributed by atoms with Gasteiger partial charge in [0.05, 0.1) is 11.6 Å². The van der Waals surface area contributed by atoms with Gasteiger partial charge in [0.1, 0.15) is 0 Å². The first kappa shape index (κ1) is 16.8. The number of nitriles is 1. The average molecular weight is 326 g/mol. The van der Waals surface area contributed by atoms with E-state index < -0.39 is 5.54 Å². The molecule has 0 spiro atoms. The zero-order chi connectivity index (χ0) is 17.5. The first-order chi connectivity index (χ1) is 12.2. The van der Waals surface area contributed by atoms with E-state index in [0.29, 0.717) is 12.8 Å². The largest absolute Gasteiger partial charge is 0.372 e. The first-order valence-electron chi connectivity index (χ1n) is 8.57. The lowest BCUT2D eigenvalue weighted by molar-refractivity contribution is 0.544. The van der Waals surface area contributed by atoms with E-state index in [-0.39, 0.29) is 0 Å². The smallest absolute Gasteiger partial charge is 0.0889 e. The van der Waals surface area contributed by atoms with Crippen LogP contribution >= 0.6 is 0 Å². The van der Waals surface area contributed by atoms with Gasteiger partial charge in [-0.15, -0.1) is 0 Å². The summed E-state index contributed by atoms with van der Waals surface area (Å²) in [6.07, 6.45) is 1.17. The number of aryl methyl sites for hydroxylation is 1. The predicted molar refractivity (Wildman–Crippen MR) is 103 cm³/mol. The Labute approximate surface area is 149 Å². The topological polar surface area (TPSA) is 35.8 Å². The molecule has 1 N–H and O–H groups in total. The summed E-state index contributed by atoms with van der Waals surface area (Å²) in [5, 5.41) is 13.0. The monoisotopic (exact) mass is 326 g/mol. The normalized spacial score (nSPS) is 10.9. The Kier molecular flexibility index (Phi) is 5.16. The Hall–Kier alpha value is -3.05. The number of hydrogen-bond acceptors (Lipinski definition) is 2. The molecule has 2 heteroatoms. The third-order valence-corrected chi connectivity index (χ3v) is 4.55. The molecule has 0 aliphatic heterocycles. The van der Waals surface area contributed by atoms with E-state index >= 15 is 0 Å². The van der Waals surface area contributed by atoms with E-state index in [1.807, 2.05) is 12.1 Å². The van der Waals surface area contributed by atoms with Gasteiger partial charge in [0.15, 0.2) is 0 Å². The van der Waals surface area contributed by atoms with Gasteiger partial charge in [-0.1, -0.05) is 78.4 Å². The van der Waals surface area contributed by atoms with Crippen LogP contribution in [0, 0.1) is 18.3 Å². The van der Waals surface area contributed by atoms with Crippen LogP contribution in [0.3, 0.4) is 0 Å². The van der Waals surface area contributed by atoms with Crippen molar-refractivity contribution in [1.82, 2.24) is 0 Å². The summed E-state index contributed by atoms with van der Waals surface area (Å²) in [6, 6.07) is 31.5. The summed E-state index contributed by atoms with van der Waals surface area (Å²) in [6.45, 7) is 2.08. The Balaban J connectivity index is 2.13. The number of anilines is 1. The fourth-order valence-corrected chi connectivity index (χ4v) is 3.23. The van der Waals surface area contributed by atoms with Gasteiger partial charge in [-0.2, -0.15) is 5.26 Å². The molecule has 0 radical (unpaired) electrons. The van der Waals surface area contributed by atoms with Gasteiger partial charge >= 0.3 is 0 Å². The molecule has 0 saturated heterocycles. The van der Waals surface area contributed by atoms with Crippen molar-refractivity contribution < 1.29 is 0 Å². The van der Waals surface area contributed by atoms with E-state index in [1.54, 1.807) is 0 Å². The van der Waals surface area contributed by atoms with Crippen LogP contribution in [0.5, 0.6) is 0 Å². The molecule has 0 heterocycles. The maximum absolute atomic E-state index is 9.25. The lowest BCUT2D eigenvalue weighted by Crippen LogP contribution is -2.36. The highest BCUT2D eigenvalue weighted by molar-refractivity contribution is 5.54. The molecule has 0 aliphatic carbocycles. The molecule has 124 valence electrons. The van der Waals surface area contributed by atoms with Gasteiger partial charge < -0.3 is 5.32 Å². The van der Waals surface area contributed by atoms with Crippen molar-refractivity contribution in [2.45, 2.75) is 25.3 Å². The van der Waals surface area contributed by atoms with Crippen molar-refractivity contribution in [2.24, 2.45) is 0 Å². The van der Waals surface area contributed by atoms with E-state index in [4.69, 9.17) is 0 Å². The zero-order valence-electron chi connectivity index (χ0n) is 14.4. The molecule has 0 aromatic heterocycles. The molecule has 25 heavy (non-hydrogen) atoms. The third-order valence-electron chi connectivity index (χ3n) is 4.55. The van der Waals surface area contributed by atoms with Crippen LogP contribution in [-0.4, -0.2) is 0 Å². The Morgan fingerprint density at radius 3 is 1.80 bits per heavy atom. The zero-order valence-corrected chi connectivity index (χ0v) is 14.4. The van der Waals surface area contributed by atoms with Gasteiger partial charge in [0, 0.05) is 12.1 Å². The lowest BCUT2D eigenvalue weighted by atomic mass is 9.79. The first-order valence-corrected chi connectivity index (χ1v) is 8.57. The highest BCUT2D eigenvalue weighted by Crippen LogP contribution is 2.37. The second kappa shape index (κ2) is 7.68. The Bertz CT molecular complexity index is 791. The minimum atomic E-state index is -0.437. The lowest BCUT2D eigenvalue weighted by Gasteiger charge is -2.37. The van der Waals surface area contributed by atoms with Crippen molar-refractivity contribution in [3.63, 3.8) is 0 Å². The van der Waals surface area contributed by atoms with Crippen molar-refractivity contribution >= 4 is 5.69 Å². The van der Waals surface area contributed by atoms with Crippen LogP contribution in [0.15, 0.2) is 84.9 Å². The highest BCUT2D eigenvalue weighted by atomic mass is 15.0. The van der Waals surface area contributed by atoms with Crippen molar-refractivity contribution in [1.29, 1.82) is 5.26 Å². The predicted octanol–water partition coefficient (Wildman–Crippen LogP) is 5.65. The molecule has 3 aromatic carbocycles. The maximum Gasteiger partial charge on any atom is 0.0889 e. The number of hydrogen-bond donors (Lipinski definition) is 1. The molecule has 0 amide bonds. The van der Waals surface area contributed by atoms with Crippen molar-refractivity contribution in [3.8, 4) is 6.07 Å². The van der Waals surface area contributed by atoms with E-state index in [1.165, 1.54) is 5.56 Å². The van der Waals surface area contributed by atoms with Crippen molar-refractivity contribution in [2.75, 3.05) is 5.32 Å². The van der Waals surface area contributed by atoms with Crippen LogP contribution in [0.2, 0.25) is 0 Å². The molecular weight excluding hydrogens is 304 g/mol. The van der Waals surface area contributed by atoms with Crippen LogP contribution in [0.1, 0.15) is 29.5 Å². The minimum absolute atomic E-state index is 0.437. The number of nitrogens with one attached hydrogen (secondary N) is 1. The third kappa shape index (κ3) is 3.72. The molecule has 3 rings (SSSR count). The van der Waals surface area contributed by atoms with E-state index in [2.05, 4.69) is 91.1 Å². The van der Waals surface area contributed by atoms with E-state index in [0.717, 1.165) is 16.8 Å². The molecule has 0 aliphatic rings. The number of rotatable bonds is 6. The minimum Gasteiger partial charge on any atom is -0.372 e. The fraction of sp³-hybridized carbons (Fsp3) is 0.174. The Morgan fingerprint density at radius 2 is 1.32 bits per heavy atom. The summed E-state index contributed by atoms with van der Waals surface area (Å²) >= 11 is 0. The average Bonchev–Trinajstić information content (AvgIpc) is 2.68. The number of nitrogens with zero attached hydrogens (tertiary/aromatic N) is 1. The molecule has 0 atom stereocenters. The Morgan fingerprint density at radius 1 is 0.800 bits per heavy atom. The van der Waals surface area contributed by atoms with Gasteiger partial charge in [0.2, 0.25) is 0 Å². The second-order valence-electron chi connectivity index (χ2n) is 6.29. The number of benzene rings is 3. The van der Waals surface area contributed by atoms with Crippen molar-refractivity contribution in [3.05, 3.63) is 102 Å². The van der Waals surface area contributed by atoms with Gasteiger partial charge in [-0.25, -0.2) is 0 Å². The quantitative estimate of drug-likeness (QED) is 0.635. The van der Waals surface area contributed by atoms with Crippen LogP contribution in [0.25, 0.3) is 0 Å². The van der Waals surface area contributed by atoms with Gasteiger partial charge in [-0.05, 0) is 36.6 Å². The summed E-state index contributed by atoms with van der Waals surface area (Å²) in [5.74, 6) is 0. The summed E-state index contributed by atoms with van der Waals surface area (Å²) in [4.78, 5) is 0. The SMILES string of the molecule is Cc1ccc(NC(CCC#N)(c2ccccc2)c2ccccc2)cc1. The summed E-state index contributed by atoms with van der Waals surface area (Å²) < 4.78 is 0. The van der Waals surface area contributed by atoms with Gasteiger partial charge in [0.25, 0.3) is 0 Å². The van der Waals surface area contributed by atoms with Crippen LogP contribution in [-0.2, 0) is 5.54 Å². The summed E-state index contributed by atoms with van der Waals surface area (Å²) in [5.41, 5.74) is 4.17. The molecule has 0 fully saturated rings. The highest BCUT2D eigenvalue weighted by Gasteiger charge is 2.33. The molecule has 0 saturated carbocycles. The standard InChI is InChI=1S/C23H22N2/c1-19-13-15-22(16-14-19)25-23(17-8-18-24,20-9-4-2-5-10-20)21-11-6-3-7-12-21/h2-7,9-16,25H,8,17H2,1H3. The fourth-order valence-electron chi connectivity index (χ4n) is 3.23. The second-order valence-corrected chi connectivity index (χ2v) is 6.29. The molecular formula is C23H22N2. The molecule has 0 unspecified atom stereocenters. The van der Waals surface area contributed by atoms with Crippen LogP contribution in [0.4, 0.5) is 5.69 Å². The van der Waals surface area contributed by atoms with Gasteiger partial charge in [-0.3, -0.25) is 0 Å². The van der Waals surface area contributed by atoms with Crippen LogP contribution < -0.4 is 5.32 Å². The molecule has 0 bridgehead atoms. The summed E-state index contributed by atoms with van der Waals surface area (Å²) in [7, 11) is 0. The molecule has 3 aromatic rings. The van der Waals surface area contributed by atoms with E-state index in [9.17, 15) is 5.26 Å². The molecule has 2 nitrogen and oxygen atoms in total. The maximum atomic E-state index is 9.25.